The average Bonchev–Trinajstić information content (AvgIpc) is 3.70. The zero-order valence-corrected chi connectivity index (χ0v) is 22.0. The number of hydrogen-bond acceptors (Lipinski definition) is 6. The second kappa shape index (κ2) is 10.6. The van der Waals surface area contributed by atoms with Gasteiger partial charge in [-0.15, -0.1) is 0 Å². The van der Waals surface area contributed by atoms with Gasteiger partial charge in [-0.2, -0.15) is 5.10 Å². The standard InChI is InChI=1S/C28H28F2N4O4S/c29-21-1-4-25(27(30)16-21)19-13-20(15-22(14-19)32-39(35,36)24-2-3-24)26-18-31-34-6-5-23(17-28(26)34)38-12-9-33-7-10-37-11-8-33/h1,4-6,13-18,24,32H,2-3,7-12H2. The smallest absolute Gasteiger partial charge is 0.235 e. The number of ether oxygens (including phenoxy) is 2. The van der Waals surface area contributed by atoms with Gasteiger partial charge in [0, 0.05) is 54.8 Å². The van der Waals surface area contributed by atoms with E-state index in [-0.39, 0.29) is 5.56 Å². The molecule has 1 N–H and O–H groups in total. The summed E-state index contributed by atoms with van der Waals surface area (Å²) in [6, 6.07) is 12.1. The molecular weight excluding hydrogens is 526 g/mol. The van der Waals surface area contributed by atoms with Crippen molar-refractivity contribution >= 4 is 21.2 Å². The number of nitrogens with zero attached hydrogens (tertiary/aromatic N) is 3. The molecule has 6 rings (SSSR count). The number of anilines is 1. The molecule has 11 heteroatoms. The fourth-order valence-corrected chi connectivity index (χ4v) is 6.11. The van der Waals surface area contributed by atoms with E-state index in [2.05, 4.69) is 14.7 Å². The maximum absolute atomic E-state index is 14.8. The van der Waals surface area contributed by atoms with Crippen molar-refractivity contribution < 1.29 is 26.7 Å². The van der Waals surface area contributed by atoms with Gasteiger partial charge in [-0.1, -0.05) is 0 Å². The highest BCUT2D eigenvalue weighted by atomic mass is 32.2. The molecule has 204 valence electrons. The van der Waals surface area contributed by atoms with E-state index < -0.39 is 26.9 Å². The molecule has 0 unspecified atom stereocenters. The van der Waals surface area contributed by atoms with Crippen LogP contribution in [0.5, 0.6) is 5.75 Å². The zero-order chi connectivity index (χ0) is 27.0. The van der Waals surface area contributed by atoms with Gasteiger partial charge < -0.3 is 9.47 Å². The van der Waals surface area contributed by atoms with Crippen molar-refractivity contribution in [2.45, 2.75) is 18.1 Å². The molecule has 0 spiro atoms. The molecule has 3 heterocycles. The summed E-state index contributed by atoms with van der Waals surface area (Å²) in [5.41, 5.74) is 2.96. The Bertz CT molecular complexity index is 1620. The quantitative estimate of drug-likeness (QED) is 0.327. The van der Waals surface area contributed by atoms with Gasteiger partial charge in [0.05, 0.1) is 30.2 Å². The highest BCUT2D eigenvalue weighted by Gasteiger charge is 2.35. The summed E-state index contributed by atoms with van der Waals surface area (Å²) in [6.07, 6.45) is 4.68. The van der Waals surface area contributed by atoms with Crippen LogP contribution in [0.25, 0.3) is 27.8 Å². The first kappa shape index (κ1) is 25.7. The van der Waals surface area contributed by atoms with Crippen molar-refractivity contribution in [3.63, 3.8) is 0 Å². The minimum atomic E-state index is -3.57. The number of rotatable bonds is 9. The summed E-state index contributed by atoms with van der Waals surface area (Å²) >= 11 is 0. The molecule has 2 fully saturated rings. The van der Waals surface area contributed by atoms with Crippen LogP contribution in [0.3, 0.4) is 0 Å². The predicted octanol–water partition coefficient (Wildman–Crippen LogP) is 4.56. The minimum Gasteiger partial charge on any atom is -0.492 e. The number of hydrogen-bond donors (Lipinski definition) is 1. The van der Waals surface area contributed by atoms with E-state index in [0.717, 1.165) is 44.4 Å². The third-order valence-electron chi connectivity index (χ3n) is 6.98. The molecule has 2 aliphatic rings. The molecule has 1 aliphatic carbocycles. The number of sulfonamides is 1. The third-order valence-corrected chi connectivity index (χ3v) is 8.85. The molecule has 4 aromatic rings. The number of pyridine rings is 1. The Balaban J connectivity index is 1.34. The monoisotopic (exact) mass is 554 g/mol. The van der Waals surface area contributed by atoms with E-state index in [9.17, 15) is 17.2 Å². The largest absolute Gasteiger partial charge is 0.492 e. The normalized spacial score (nSPS) is 16.5. The topological polar surface area (TPSA) is 85.2 Å². The molecule has 39 heavy (non-hydrogen) atoms. The Morgan fingerprint density at radius 2 is 1.77 bits per heavy atom. The SMILES string of the molecule is O=S(=O)(Nc1cc(-c2ccc(F)cc2F)cc(-c2cnn3ccc(OCCN4CCOCC4)cc23)c1)C1CC1. The van der Waals surface area contributed by atoms with Gasteiger partial charge in [-0.3, -0.25) is 9.62 Å². The molecule has 0 radical (unpaired) electrons. The van der Waals surface area contributed by atoms with Crippen LogP contribution in [0.4, 0.5) is 14.5 Å². The number of fused-ring (bicyclic) bond motifs is 1. The van der Waals surface area contributed by atoms with Crippen molar-refractivity contribution in [3.8, 4) is 28.0 Å². The van der Waals surface area contributed by atoms with Gasteiger partial charge in [0.15, 0.2) is 0 Å². The maximum atomic E-state index is 14.8. The second-order valence-electron chi connectivity index (χ2n) is 9.82. The first-order chi connectivity index (χ1) is 18.9. The maximum Gasteiger partial charge on any atom is 0.235 e. The van der Waals surface area contributed by atoms with E-state index in [1.54, 1.807) is 35.1 Å². The van der Waals surface area contributed by atoms with Gasteiger partial charge >= 0.3 is 0 Å². The fourth-order valence-electron chi connectivity index (χ4n) is 4.74. The van der Waals surface area contributed by atoms with E-state index in [1.165, 1.54) is 12.1 Å². The molecule has 0 amide bonds. The van der Waals surface area contributed by atoms with Crippen LogP contribution in [0.2, 0.25) is 0 Å². The molecule has 2 aromatic heterocycles. The van der Waals surface area contributed by atoms with Crippen molar-refractivity contribution in [1.29, 1.82) is 0 Å². The molecule has 0 atom stereocenters. The summed E-state index contributed by atoms with van der Waals surface area (Å²) in [5.74, 6) is -0.752. The summed E-state index contributed by atoms with van der Waals surface area (Å²) in [7, 11) is -3.57. The van der Waals surface area contributed by atoms with E-state index in [1.807, 2.05) is 12.1 Å². The predicted molar refractivity (Wildman–Crippen MR) is 144 cm³/mol. The molecular formula is C28H28F2N4O4S. The highest BCUT2D eigenvalue weighted by Crippen LogP contribution is 2.36. The number of benzene rings is 2. The molecule has 0 bridgehead atoms. The fraction of sp³-hybridized carbons (Fsp3) is 0.321. The lowest BCUT2D eigenvalue weighted by Gasteiger charge is -2.26. The first-order valence-electron chi connectivity index (χ1n) is 12.9. The van der Waals surface area contributed by atoms with Gasteiger partial charge in [0.25, 0.3) is 0 Å². The van der Waals surface area contributed by atoms with Crippen molar-refractivity contribution in [2.24, 2.45) is 0 Å². The van der Waals surface area contributed by atoms with Gasteiger partial charge in [-0.25, -0.2) is 21.7 Å². The molecule has 1 saturated heterocycles. The summed E-state index contributed by atoms with van der Waals surface area (Å²) in [4.78, 5) is 2.29. The number of nitrogens with one attached hydrogen (secondary N) is 1. The van der Waals surface area contributed by atoms with Gasteiger partial charge in [0.1, 0.15) is 24.0 Å². The van der Waals surface area contributed by atoms with Crippen LogP contribution in [-0.4, -0.2) is 67.6 Å². The van der Waals surface area contributed by atoms with Crippen molar-refractivity contribution in [2.75, 3.05) is 44.2 Å². The van der Waals surface area contributed by atoms with E-state index in [0.29, 0.717) is 47.6 Å². The lowest BCUT2D eigenvalue weighted by Crippen LogP contribution is -2.38. The average molecular weight is 555 g/mol. The highest BCUT2D eigenvalue weighted by molar-refractivity contribution is 7.93. The zero-order valence-electron chi connectivity index (χ0n) is 21.1. The molecule has 2 aromatic carbocycles. The van der Waals surface area contributed by atoms with Crippen LogP contribution in [0.15, 0.2) is 60.9 Å². The number of aromatic nitrogens is 2. The Kier molecular flexibility index (Phi) is 6.96. The second-order valence-corrected chi connectivity index (χ2v) is 11.8. The third kappa shape index (κ3) is 5.75. The summed E-state index contributed by atoms with van der Waals surface area (Å²) in [6.45, 7) is 4.53. The lowest BCUT2D eigenvalue weighted by molar-refractivity contribution is 0.0322. The van der Waals surface area contributed by atoms with Crippen LogP contribution >= 0.6 is 0 Å². The Labute approximate surface area is 225 Å². The van der Waals surface area contributed by atoms with Crippen molar-refractivity contribution in [1.82, 2.24) is 14.5 Å². The summed E-state index contributed by atoms with van der Waals surface area (Å²) < 4.78 is 69.5. The van der Waals surface area contributed by atoms with Crippen LogP contribution in [-0.2, 0) is 14.8 Å². The number of morpholine rings is 1. The molecule has 1 aliphatic heterocycles. The van der Waals surface area contributed by atoms with Crippen LogP contribution < -0.4 is 9.46 Å². The Morgan fingerprint density at radius 3 is 2.51 bits per heavy atom. The molecule has 1 saturated carbocycles. The molecule has 8 nitrogen and oxygen atoms in total. The Hall–Kier alpha value is -3.54. The van der Waals surface area contributed by atoms with Crippen LogP contribution in [0, 0.1) is 11.6 Å². The van der Waals surface area contributed by atoms with Crippen LogP contribution in [0.1, 0.15) is 12.8 Å². The first-order valence-corrected chi connectivity index (χ1v) is 14.4. The van der Waals surface area contributed by atoms with E-state index >= 15 is 0 Å². The Morgan fingerprint density at radius 1 is 1.00 bits per heavy atom. The van der Waals surface area contributed by atoms with Gasteiger partial charge in [-0.05, 0) is 60.4 Å². The summed E-state index contributed by atoms with van der Waals surface area (Å²) in [5, 5.41) is 4.01. The minimum absolute atomic E-state index is 0.161. The van der Waals surface area contributed by atoms with E-state index in [4.69, 9.17) is 9.47 Å². The van der Waals surface area contributed by atoms with Crippen molar-refractivity contribution in [3.05, 3.63) is 72.6 Å². The lowest BCUT2D eigenvalue weighted by atomic mass is 9.98. The number of halogens is 2. The van der Waals surface area contributed by atoms with Gasteiger partial charge in [0.2, 0.25) is 10.0 Å².